The lowest BCUT2D eigenvalue weighted by Gasteiger charge is -2.25. The number of carbonyl (C=O) groups is 1. The summed E-state index contributed by atoms with van der Waals surface area (Å²) in [5, 5.41) is 14.4. The molecule has 0 bridgehead atoms. The zero-order valence-corrected chi connectivity index (χ0v) is 15.4. The highest BCUT2D eigenvalue weighted by Crippen LogP contribution is 2.48. The van der Waals surface area contributed by atoms with Crippen molar-refractivity contribution in [3.8, 4) is 11.9 Å². The molecule has 28 heavy (non-hydrogen) atoms. The van der Waals surface area contributed by atoms with Gasteiger partial charge in [-0.1, -0.05) is 12.1 Å². The number of amides is 1. The first-order valence-electron chi connectivity index (χ1n) is 9.29. The Labute approximate surface area is 161 Å². The number of nitrogens with two attached hydrogens (primary N) is 1. The van der Waals surface area contributed by atoms with Gasteiger partial charge >= 0.3 is 6.09 Å². The van der Waals surface area contributed by atoms with Crippen LogP contribution in [0.5, 0.6) is 5.88 Å². The topological polar surface area (TPSA) is 106 Å². The molecule has 3 heterocycles. The van der Waals surface area contributed by atoms with E-state index in [0.717, 1.165) is 35.3 Å². The Bertz CT molecular complexity index is 1040. The van der Waals surface area contributed by atoms with Gasteiger partial charge in [0.25, 0.3) is 0 Å². The number of cyclic esters (lactones) is 1. The Kier molecular flexibility index (Phi) is 3.59. The molecule has 2 N–H and O–H groups in total. The monoisotopic (exact) mass is 377 g/mol. The molecule has 1 saturated carbocycles. The molecule has 1 aromatic carbocycles. The van der Waals surface area contributed by atoms with E-state index in [1.807, 2.05) is 35.9 Å². The van der Waals surface area contributed by atoms with Crippen molar-refractivity contribution in [1.29, 1.82) is 5.26 Å². The highest BCUT2D eigenvalue weighted by Gasteiger charge is 2.39. The van der Waals surface area contributed by atoms with Crippen LogP contribution in [-0.4, -0.2) is 29.0 Å². The Hall–Kier alpha value is -3.47. The first kappa shape index (κ1) is 16.7. The molecule has 1 aromatic heterocycles. The van der Waals surface area contributed by atoms with E-state index in [0.29, 0.717) is 30.6 Å². The zero-order valence-electron chi connectivity index (χ0n) is 15.4. The molecule has 0 radical (unpaired) electrons. The van der Waals surface area contributed by atoms with Crippen LogP contribution in [0.3, 0.4) is 0 Å². The van der Waals surface area contributed by atoms with Crippen LogP contribution < -0.4 is 15.4 Å². The van der Waals surface area contributed by atoms with Gasteiger partial charge in [0, 0.05) is 5.69 Å². The van der Waals surface area contributed by atoms with Crippen LogP contribution in [0.15, 0.2) is 35.7 Å². The summed E-state index contributed by atoms with van der Waals surface area (Å²) >= 11 is 0. The molecular weight excluding hydrogens is 358 g/mol. The molecule has 2 aliphatic heterocycles. The predicted octanol–water partition coefficient (Wildman–Crippen LogP) is 2.70. The highest BCUT2D eigenvalue weighted by atomic mass is 16.6. The average Bonchev–Trinajstić information content (AvgIpc) is 3.37. The van der Waals surface area contributed by atoms with E-state index >= 15 is 0 Å². The van der Waals surface area contributed by atoms with Gasteiger partial charge in [-0.05, 0) is 37.5 Å². The van der Waals surface area contributed by atoms with Crippen molar-refractivity contribution in [2.75, 3.05) is 18.1 Å². The fourth-order valence-corrected chi connectivity index (χ4v) is 3.91. The van der Waals surface area contributed by atoms with Crippen molar-refractivity contribution >= 4 is 11.8 Å². The SMILES string of the molecule is Cc1nn(C2CC2)c2c1C(c1ccc(N3CCOC3=O)cc1)C(C#N)=C(N)O2. The van der Waals surface area contributed by atoms with Crippen LogP contribution >= 0.6 is 0 Å². The second-order valence-electron chi connectivity index (χ2n) is 7.26. The number of hydrogen-bond donors (Lipinski definition) is 1. The number of anilines is 1. The third kappa shape index (κ3) is 2.43. The Morgan fingerprint density at radius 1 is 1.29 bits per heavy atom. The summed E-state index contributed by atoms with van der Waals surface area (Å²) in [6, 6.07) is 10.1. The molecule has 0 spiro atoms. The van der Waals surface area contributed by atoms with Crippen molar-refractivity contribution < 1.29 is 14.3 Å². The third-order valence-electron chi connectivity index (χ3n) is 5.45. The number of benzene rings is 1. The average molecular weight is 377 g/mol. The fourth-order valence-electron chi connectivity index (χ4n) is 3.91. The summed E-state index contributed by atoms with van der Waals surface area (Å²) in [4.78, 5) is 13.4. The molecule has 1 atom stereocenters. The summed E-state index contributed by atoms with van der Waals surface area (Å²) in [6.07, 6.45) is 1.79. The Balaban J connectivity index is 1.59. The van der Waals surface area contributed by atoms with Crippen molar-refractivity contribution in [1.82, 2.24) is 9.78 Å². The van der Waals surface area contributed by atoms with Gasteiger partial charge < -0.3 is 15.2 Å². The molecule has 142 valence electrons. The number of hydrogen-bond acceptors (Lipinski definition) is 6. The zero-order chi connectivity index (χ0) is 19.4. The van der Waals surface area contributed by atoms with Crippen LogP contribution in [-0.2, 0) is 4.74 Å². The van der Waals surface area contributed by atoms with Gasteiger partial charge in [-0.15, -0.1) is 0 Å². The van der Waals surface area contributed by atoms with Gasteiger partial charge in [-0.25, -0.2) is 9.48 Å². The lowest BCUT2D eigenvalue weighted by atomic mass is 9.84. The number of carbonyl (C=O) groups excluding carboxylic acids is 1. The lowest BCUT2D eigenvalue weighted by Crippen LogP contribution is -2.24. The van der Waals surface area contributed by atoms with Gasteiger partial charge in [0.1, 0.15) is 18.2 Å². The van der Waals surface area contributed by atoms with Crippen LogP contribution in [0.2, 0.25) is 0 Å². The number of ether oxygens (including phenoxy) is 2. The minimum atomic E-state index is -0.346. The van der Waals surface area contributed by atoms with Gasteiger partial charge in [-0.3, -0.25) is 4.90 Å². The Morgan fingerprint density at radius 2 is 2.04 bits per heavy atom. The van der Waals surface area contributed by atoms with E-state index in [4.69, 9.17) is 15.2 Å². The predicted molar refractivity (Wildman–Crippen MR) is 99.7 cm³/mol. The number of allylic oxidation sites excluding steroid dienone is 1. The summed E-state index contributed by atoms with van der Waals surface area (Å²) in [7, 11) is 0. The van der Waals surface area contributed by atoms with Gasteiger partial charge in [-0.2, -0.15) is 10.4 Å². The molecule has 8 nitrogen and oxygen atoms in total. The van der Waals surface area contributed by atoms with Crippen LogP contribution in [0, 0.1) is 18.3 Å². The molecule has 1 aliphatic carbocycles. The minimum absolute atomic E-state index is 0.119. The standard InChI is InChI=1S/C20H19N5O3/c1-11-16-17(12-2-4-13(5-3-12)24-8-9-27-20(24)26)15(10-21)18(22)28-19(16)25(23-11)14-6-7-14/h2-5,14,17H,6-9,22H2,1H3. The molecule has 3 aliphatic rings. The van der Waals surface area contributed by atoms with E-state index in [2.05, 4.69) is 11.2 Å². The molecule has 1 unspecified atom stereocenters. The van der Waals surface area contributed by atoms with Crippen molar-refractivity contribution in [3.63, 3.8) is 0 Å². The lowest BCUT2D eigenvalue weighted by molar-refractivity contribution is 0.181. The first-order chi connectivity index (χ1) is 13.6. The fraction of sp³-hybridized carbons (Fsp3) is 0.350. The van der Waals surface area contributed by atoms with Crippen LogP contribution in [0.25, 0.3) is 0 Å². The number of nitriles is 1. The normalized spacial score (nSPS) is 21.2. The summed E-state index contributed by atoms with van der Waals surface area (Å²) in [6.45, 7) is 2.85. The van der Waals surface area contributed by atoms with E-state index < -0.39 is 0 Å². The molecule has 8 heteroatoms. The number of aromatic nitrogens is 2. The molecular formula is C20H19N5O3. The molecule has 1 amide bonds. The summed E-state index contributed by atoms with van der Waals surface area (Å²) in [5.74, 6) is 0.406. The van der Waals surface area contributed by atoms with Crippen molar-refractivity contribution in [3.05, 3.63) is 52.5 Å². The number of nitrogens with zero attached hydrogens (tertiary/aromatic N) is 4. The smallest absolute Gasteiger partial charge is 0.414 e. The third-order valence-corrected chi connectivity index (χ3v) is 5.45. The quantitative estimate of drug-likeness (QED) is 0.881. The minimum Gasteiger partial charge on any atom is -0.447 e. The van der Waals surface area contributed by atoms with Gasteiger partial charge in [0.15, 0.2) is 0 Å². The number of aryl methyl sites for hydroxylation is 1. The maximum Gasteiger partial charge on any atom is 0.414 e. The number of rotatable bonds is 3. The molecule has 5 rings (SSSR count). The van der Waals surface area contributed by atoms with Crippen LogP contribution in [0.1, 0.15) is 41.6 Å². The Morgan fingerprint density at radius 3 is 2.64 bits per heavy atom. The van der Waals surface area contributed by atoms with E-state index in [-0.39, 0.29) is 17.9 Å². The van der Waals surface area contributed by atoms with E-state index in [1.165, 1.54) is 0 Å². The van der Waals surface area contributed by atoms with Crippen LogP contribution in [0.4, 0.5) is 10.5 Å². The van der Waals surface area contributed by atoms with Crippen molar-refractivity contribution in [2.45, 2.75) is 31.7 Å². The van der Waals surface area contributed by atoms with Gasteiger partial charge in [0.05, 0.1) is 29.8 Å². The van der Waals surface area contributed by atoms with E-state index in [1.54, 1.807) is 4.90 Å². The maximum absolute atomic E-state index is 11.8. The summed E-state index contributed by atoms with van der Waals surface area (Å²) < 4.78 is 12.7. The molecule has 1 saturated heterocycles. The first-order valence-corrected chi connectivity index (χ1v) is 9.29. The maximum atomic E-state index is 11.8. The van der Waals surface area contributed by atoms with Crippen molar-refractivity contribution in [2.24, 2.45) is 5.73 Å². The number of fused-ring (bicyclic) bond motifs is 1. The second-order valence-corrected chi connectivity index (χ2v) is 7.26. The molecule has 2 fully saturated rings. The van der Waals surface area contributed by atoms with Gasteiger partial charge in [0.2, 0.25) is 11.8 Å². The molecule has 2 aromatic rings. The largest absolute Gasteiger partial charge is 0.447 e. The van der Waals surface area contributed by atoms with E-state index in [9.17, 15) is 10.1 Å². The highest BCUT2D eigenvalue weighted by molar-refractivity contribution is 5.89. The summed E-state index contributed by atoms with van der Waals surface area (Å²) in [5.41, 5.74) is 9.86. The second kappa shape index (κ2) is 6.02.